The Hall–Kier alpha value is -1.46. The molecule has 1 N–H and O–H groups in total. The molecule has 2 aromatic rings. The fourth-order valence-corrected chi connectivity index (χ4v) is 3.23. The SMILES string of the molecule is CCc1nsc(N[C@H](c2ccccc2)[C@H]2CCOC2)n1. The summed E-state index contributed by atoms with van der Waals surface area (Å²) in [5.74, 6) is 1.40. The molecule has 1 aromatic carbocycles. The molecule has 106 valence electrons. The predicted octanol–water partition coefficient (Wildman–Crippen LogP) is 3.29. The van der Waals surface area contributed by atoms with Crippen molar-refractivity contribution in [1.29, 1.82) is 0 Å². The summed E-state index contributed by atoms with van der Waals surface area (Å²) in [6.45, 7) is 3.74. The highest BCUT2D eigenvalue weighted by Gasteiger charge is 2.27. The minimum absolute atomic E-state index is 0.247. The second-order valence-corrected chi connectivity index (χ2v) is 5.78. The molecular weight excluding hydrogens is 270 g/mol. The summed E-state index contributed by atoms with van der Waals surface area (Å²) in [7, 11) is 0. The van der Waals surface area contributed by atoms with Crippen molar-refractivity contribution < 1.29 is 4.74 Å². The van der Waals surface area contributed by atoms with E-state index in [1.54, 1.807) is 0 Å². The van der Waals surface area contributed by atoms with Crippen LogP contribution >= 0.6 is 11.5 Å². The van der Waals surface area contributed by atoms with Gasteiger partial charge >= 0.3 is 0 Å². The van der Waals surface area contributed by atoms with E-state index in [9.17, 15) is 0 Å². The van der Waals surface area contributed by atoms with Gasteiger partial charge in [-0.1, -0.05) is 37.3 Å². The van der Waals surface area contributed by atoms with Crippen LogP contribution in [0.25, 0.3) is 0 Å². The Morgan fingerprint density at radius 3 is 2.90 bits per heavy atom. The summed E-state index contributed by atoms with van der Waals surface area (Å²) in [4.78, 5) is 4.52. The second kappa shape index (κ2) is 6.33. The Balaban J connectivity index is 1.81. The maximum absolute atomic E-state index is 5.55. The highest BCUT2D eigenvalue weighted by atomic mass is 32.1. The molecule has 1 fully saturated rings. The maximum Gasteiger partial charge on any atom is 0.203 e. The summed E-state index contributed by atoms with van der Waals surface area (Å²) in [5, 5.41) is 4.46. The number of rotatable bonds is 5. The molecule has 0 spiro atoms. The summed E-state index contributed by atoms with van der Waals surface area (Å²) in [6.07, 6.45) is 1.97. The first-order chi connectivity index (χ1) is 9.86. The number of hydrogen-bond acceptors (Lipinski definition) is 5. The number of nitrogens with one attached hydrogen (secondary N) is 1. The molecule has 0 radical (unpaired) electrons. The van der Waals surface area contributed by atoms with Crippen LogP contribution in [0.15, 0.2) is 30.3 Å². The molecule has 0 amide bonds. The zero-order valence-electron chi connectivity index (χ0n) is 11.6. The van der Waals surface area contributed by atoms with Crippen molar-refractivity contribution in [3.8, 4) is 0 Å². The first-order valence-electron chi connectivity index (χ1n) is 7.08. The number of aryl methyl sites for hydroxylation is 1. The third-order valence-electron chi connectivity index (χ3n) is 3.66. The zero-order chi connectivity index (χ0) is 13.8. The van der Waals surface area contributed by atoms with Gasteiger partial charge in [0, 0.05) is 30.5 Å². The summed E-state index contributed by atoms with van der Waals surface area (Å²) < 4.78 is 9.90. The maximum atomic E-state index is 5.55. The fourth-order valence-electron chi connectivity index (χ4n) is 2.54. The number of aromatic nitrogens is 2. The minimum Gasteiger partial charge on any atom is -0.381 e. The molecule has 2 heterocycles. The van der Waals surface area contributed by atoms with Crippen LogP contribution in [-0.2, 0) is 11.2 Å². The Morgan fingerprint density at radius 2 is 2.25 bits per heavy atom. The highest BCUT2D eigenvalue weighted by molar-refractivity contribution is 7.09. The van der Waals surface area contributed by atoms with Crippen molar-refractivity contribution in [3.63, 3.8) is 0 Å². The van der Waals surface area contributed by atoms with Gasteiger partial charge in [0.15, 0.2) is 0 Å². The summed E-state index contributed by atoms with van der Waals surface area (Å²) in [6, 6.07) is 10.8. The van der Waals surface area contributed by atoms with Crippen LogP contribution in [0.5, 0.6) is 0 Å². The molecule has 0 saturated carbocycles. The van der Waals surface area contributed by atoms with Gasteiger partial charge in [-0.2, -0.15) is 4.37 Å². The lowest BCUT2D eigenvalue weighted by Crippen LogP contribution is -2.21. The van der Waals surface area contributed by atoms with Crippen LogP contribution in [0.2, 0.25) is 0 Å². The third kappa shape index (κ3) is 2.99. The molecule has 2 atom stereocenters. The predicted molar refractivity (Wildman–Crippen MR) is 81.0 cm³/mol. The van der Waals surface area contributed by atoms with E-state index in [4.69, 9.17) is 4.74 Å². The molecule has 20 heavy (non-hydrogen) atoms. The lowest BCUT2D eigenvalue weighted by molar-refractivity contribution is 0.182. The molecule has 1 aliphatic heterocycles. The smallest absolute Gasteiger partial charge is 0.203 e. The van der Waals surface area contributed by atoms with Gasteiger partial charge in [-0.3, -0.25) is 0 Å². The lowest BCUT2D eigenvalue weighted by Gasteiger charge is -2.23. The van der Waals surface area contributed by atoms with Crippen molar-refractivity contribution in [1.82, 2.24) is 9.36 Å². The molecule has 1 saturated heterocycles. The molecule has 5 heteroatoms. The molecule has 0 aliphatic carbocycles. The van der Waals surface area contributed by atoms with Crippen LogP contribution in [0.1, 0.15) is 30.8 Å². The van der Waals surface area contributed by atoms with Crippen molar-refractivity contribution in [3.05, 3.63) is 41.7 Å². The number of hydrogen-bond donors (Lipinski definition) is 1. The van der Waals surface area contributed by atoms with Gasteiger partial charge in [-0.25, -0.2) is 4.98 Å². The monoisotopic (exact) mass is 289 g/mol. The van der Waals surface area contributed by atoms with Crippen LogP contribution in [0.4, 0.5) is 5.13 Å². The van der Waals surface area contributed by atoms with E-state index in [1.807, 2.05) is 6.07 Å². The van der Waals surface area contributed by atoms with E-state index >= 15 is 0 Å². The molecule has 0 bridgehead atoms. The first kappa shape index (κ1) is 13.5. The number of benzene rings is 1. The summed E-state index contributed by atoms with van der Waals surface area (Å²) in [5.41, 5.74) is 1.29. The molecule has 1 aromatic heterocycles. The average molecular weight is 289 g/mol. The Bertz CT molecular complexity index is 537. The van der Waals surface area contributed by atoms with E-state index in [0.29, 0.717) is 5.92 Å². The second-order valence-electron chi connectivity index (χ2n) is 5.03. The van der Waals surface area contributed by atoms with Crippen LogP contribution in [0, 0.1) is 5.92 Å². The minimum atomic E-state index is 0.247. The first-order valence-corrected chi connectivity index (χ1v) is 7.86. The van der Waals surface area contributed by atoms with Crippen molar-refractivity contribution in [2.75, 3.05) is 18.5 Å². The lowest BCUT2D eigenvalue weighted by atomic mass is 9.92. The van der Waals surface area contributed by atoms with Crippen LogP contribution in [-0.4, -0.2) is 22.6 Å². The van der Waals surface area contributed by atoms with Gasteiger partial charge in [-0.05, 0) is 12.0 Å². The normalized spacial score (nSPS) is 19.9. The van der Waals surface area contributed by atoms with Gasteiger partial charge in [0.05, 0.1) is 12.6 Å². The van der Waals surface area contributed by atoms with Crippen molar-refractivity contribution >= 4 is 16.7 Å². The standard InChI is InChI=1S/C15H19N3OS/c1-2-13-16-15(20-18-13)17-14(12-8-9-19-10-12)11-6-4-3-5-7-11/h3-7,12,14H,2,8-10H2,1H3,(H,16,17,18)/t12-,14+/m0/s1. The molecule has 1 aliphatic rings. The number of nitrogens with zero attached hydrogens (tertiary/aromatic N) is 2. The topological polar surface area (TPSA) is 47.0 Å². The highest BCUT2D eigenvalue weighted by Crippen LogP contribution is 2.32. The average Bonchev–Trinajstić information content (AvgIpc) is 3.17. The van der Waals surface area contributed by atoms with Gasteiger partial charge < -0.3 is 10.1 Å². The Labute approximate surface area is 123 Å². The molecule has 0 unspecified atom stereocenters. The van der Waals surface area contributed by atoms with E-state index in [2.05, 4.69) is 45.9 Å². The van der Waals surface area contributed by atoms with Gasteiger partial charge in [0.2, 0.25) is 5.13 Å². The Morgan fingerprint density at radius 1 is 1.40 bits per heavy atom. The van der Waals surface area contributed by atoms with E-state index in [1.165, 1.54) is 17.1 Å². The van der Waals surface area contributed by atoms with E-state index in [-0.39, 0.29) is 6.04 Å². The van der Waals surface area contributed by atoms with Gasteiger partial charge in [0.25, 0.3) is 0 Å². The Kier molecular flexibility index (Phi) is 4.28. The quantitative estimate of drug-likeness (QED) is 0.917. The number of anilines is 1. The van der Waals surface area contributed by atoms with Gasteiger partial charge in [0.1, 0.15) is 5.82 Å². The zero-order valence-corrected chi connectivity index (χ0v) is 12.4. The van der Waals surface area contributed by atoms with Crippen LogP contribution < -0.4 is 5.32 Å². The van der Waals surface area contributed by atoms with Crippen LogP contribution in [0.3, 0.4) is 0 Å². The largest absolute Gasteiger partial charge is 0.381 e. The van der Waals surface area contributed by atoms with Crippen molar-refractivity contribution in [2.45, 2.75) is 25.8 Å². The molecule has 4 nitrogen and oxygen atoms in total. The fraction of sp³-hybridized carbons (Fsp3) is 0.467. The molecular formula is C15H19N3OS. The third-order valence-corrected chi connectivity index (χ3v) is 4.34. The summed E-state index contributed by atoms with van der Waals surface area (Å²) >= 11 is 1.44. The van der Waals surface area contributed by atoms with E-state index < -0.39 is 0 Å². The molecule has 3 rings (SSSR count). The van der Waals surface area contributed by atoms with Gasteiger partial charge in [-0.15, -0.1) is 0 Å². The van der Waals surface area contributed by atoms with Crippen molar-refractivity contribution in [2.24, 2.45) is 5.92 Å². The van der Waals surface area contributed by atoms with E-state index in [0.717, 1.165) is 37.0 Å². The number of ether oxygens (including phenoxy) is 1.